The molecule has 18 heavy (non-hydrogen) atoms. The summed E-state index contributed by atoms with van der Waals surface area (Å²) in [6.07, 6.45) is 4.81. The largest absolute Gasteiger partial charge is 0.461 e. The van der Waals surface area contributed by atoms with Gasteiger partial charge in [0.1, 0.15) is 12.1 Å². The number of hydrogen-bond acceptors (Lipinski definition) is 6. The molecule has 7 heteroatoms. The van der Waals surface area contributed by atoms with E-state index >= 15 is 0 Å². The molecule has 0 aromatic carbocycles. The van der Waals surface area contributed by atoms with Gasteiger partial charge in [-0.2, -0.15) is 4.98 Å². The molecule has 0 aliphatic heterocycles. The van der Waals surface area contributed by atoms with Crippen LogP contribution in [0.5, 0.6) is 0 Å². The molecule has 0 spiro atoms. The summed E-state index contributed by atoms with van der Waals surface area (Å²) in [6, 6.07) is 0.265. The molecule has 0 atom stereocenters. The van der Waals surface area contributed by atoms with Gasteiger partial charge >= 0.3 is 5.97 Å². The van der Waals surface area contributed by atoms with Gasteiger partial charge in [-0.3, -0.25) is 0 Å². The van der Waals surface area contributed by atoms with Crippen LogP contribution in [0.1, 0.15) is 23.2 Å². The molecule has 0 bridgehead atoms. The van der Waals surface area contributed by atoms with E-state index in [4.69, 9.17) is 9.15 Å². The van der Waals surface area contributed by atoms with E-state index in [1.165, 1.54) is 6.26 Å². The second kappa shape index (κ2) is 5.35. The Morgan fingerprint density at radius 2 is 2.44 bits per heavy atom. The lowest BCUT2D eigenvalue weighted by Gasteiger charge is -2.01. The minimum absolute atomic E-state index is 0.152. The predicted molar refractivity (Wildman–Crippen MR) is 63.0 cm³/mol. The average molecular weight is 250 g/mol. The molecule has 0 fully saturated rings. The molecule has 96 valence electrons. The lowest BCUT2D eigenvalue weighted by molar-refractivity contribution is 0.0519. The smallest absolute Gasteiger partial charge is 0.360 e. The van der Waals surface area contributed by atoms with Gasteiger partial charge in [0.05, 0.1) is 13.2 Å². The molecule has 0 saturated carbocycles. The molecular weight excluding hydrogens is 236 g/mol. The SMILES string of the molecule is CCOC(=O)c1coc(NCc2nccn2C)n1. The van der Waals surface area contributed by atoms with Gasteiger partial charge in [-0.05, 0) is 6.92 Å². The summed E-state index contributed by atoms with van der Waals surface area (Å²) in [6.45, 7) is 2.51. The van der Waals surface area contributed by atoms with Crippen molar-refractivity contribution in [1.29, 1.82) is 0 Å². The Bertz CT molecular complexity index is 532. The van der Waals surface area contributed by atoms with Gasteiger partial charge in [0.2, 0.25) is 0 Å². The second-order valence-corrected chi connectivity index (χ2v) is 3.57. The van der Waals surface area contributed by atoms with Crippen LogP contribution in [0.3, 0.4) is 0 Å². The van der Waals surface area contributed by atoms with E-state index in [9.17, 15) is 4.79 Å². The zero-order chi connectivity index (χ0) is 13.0. The van der Waals surface area contributed by atoms with Crippen LogP contribution in [0.2, 0.25) is 0 Å². The van der Waals surface area contributed by atoms with E-state index in [1.54, 1.807) is 13.1 Å². The van der Waals surface area contributed by atoms with E-state index in [-0.39, 0.29) is 11.7 Å². The van der Waals surface area contributed by atoms with Gasteiger partial charge in [-0.15, -0.1) is 0 Å². The highest BCUT2D eigenvalue weighted by Crippen LogP contribution is 2.09. The highest BCUT2D eigenvalue weighted by Gasteiger charge is 2.13. The predicted octanol–water partition coefficient (Wildman–Crippen LogP) is 1.20. The maximum atomic E-state index is 11.4. The van der Waals surface area contributed by atoms with E-state index in [0.717, 1.165) is 5.82 Å². The maximum Gasteiger partial charge on any atom is 0.360 e. The molecule has 0 aliphatic carbocycles. The third-order valence-electron chi connectivity index (χ3n) is 2.31. The average Bonchev–Trinajstić information content (AvgIpc) is 2.96. The Labute approximate surface area is 104 Å². The highest BCUT2D eigenvalue weighted by molar-refractivity contribution is 5.87. The van der Waals surface area contributed by atoms with Gasteiger partial charge in [-0.25, -0.2) is 9.78 Å². The molecule has 0 saturated heterocycles. The Hall–Kier alpha value is -2.31. The third kappa shape index (κ3) is 2.68. The lowest BCUT2D eigenvalue weighted by Crippen LogP contribution is -2.07. The Morgan fingerprint density at radius 1 is 1.61 bits per heavy atom. The summed E-state index contributed by atoms with van der Waals surface area (Å²) >= 11 is 0. The molecular formula is C11H14N4O3. The molecule has 2 aromatic rings. The number of aromatic nitrogens is 3. The van der Waals surface area contributed by atoms with Crippen LogP contribution in [0.15, 0.2) is 23.1 Å². The summed E-state index contributed by atoms with van der Waals surface area (Å²) in [7, 11) is 1.89. The number of nitrogens with one attached hydrogen (secondary N) is 1. The molecule has 2 rings (SSSR count). The number of esters is 1. The number of ether oxygens (including phenoxy) is 1. The minimum atomic E-state index is -0.494. The minimum Gasteiger partial charge on any atom is -0.461 e. The fourth-order valence-corrected chi connectivity index (χ4v) is 1.38. The highest BCUT2D eigenvalue weighted by atomic mass is 16.5. The Kier molecular flexibility index (Phi) is 3.61. The fourth-order valence-electron chi connectivity index (χ4n) is 1.38. The van der Waals surface area contributed by atoms with Gasteiger partial charge in [0.15, 0.2) is 5.69 Å². The quantitative estimate of drug-likeness (QED) is 0.803. The molecule has 2 heterocycles. The van der Waals surface area contributed by atoms with Crippen molar-refractivity contribution in [2.45, 2.75) is 13.5 Å². The van der Waals surface area contributed by atoms with Crippen molar-refractivity contribution in [3.8, 4) is 0 Å². The van der Waals surface area contributed by atoms with Crippen LogP contribution in [-0.4, -0.2) is 27.1 Å². The molecule has 2 aromatic heterocycles. The summed E-state index contributed by atoms with van der Waals surface area (Å²) in [5, 5.41) is 2.94. The Morgan fingerprint density at radius 3 is 3.11 bits per heavy atom. The molecule has 0 amide bonds. The van der Waals surface area contributed by atoms with Crippen molar-refractivity contribution >= 4 is 12.0 Å². The van der Waals surface area contributed by atoms with Crippen molar-refractivity contribution in [3.63, 3.8) is 0 Å². The first-order valence-electron chi connectivity index (χ1n) is 5.53. The summed E-state index contributed by atoms with van der Waals surface area (Å²) < 4.78 is 11.8. The number of carbonyl (C=O) groups is 1. The van der Waals surface area contributed by atoms with Crippen molar-refractivity contribution in [1.82, 2.24) is 14.5 Å². The van der Waals surface area contributed by atoms with Gasteiger partial charge in [-0.1, -0.05) is 0 Å². The lowest BCUT2D eigenvalue weighted by atomic mass is 10.5. The first kappa shape index (κ1) is 12.2. The normalized spacial score (nSPS) is 10.3. The van der Waals surface area contributed by atoms with Gasteiger partial charge < -0.3 is 19.0 Å². The summed E-state index contributed by atoms with van der Waals surface area (Å²) in [5.41, 5.74) is 0.152. The molecule has 0 radical (unpaired) electrons. The molecule has 7 nitrogen and oxygen atoms in total. The molecule has 1 N–H and O–H groups in total. The van der Waals surface area contributed by atoms with Gasteiger partial charge in [0, 0.05) is 19.4 Å². The third-order valence-corrected chi connectivity index (χ3v) is 2.31. The monoisotopic (exact) mass is 250 g/mol. The van der Waals surface area contributed by atoms with Crippen molar-refractivity contribution in [3.05, 3.63) is 30.2 Å². The van der Waals surface area contributed by atoms with Crippen LogP contribution in [0.4, 0.5) is 6.01 Å². The number of anilines is 1. The van der Waals surface area contributed by atoms with Crippen LogP contribution in [0.25, 0.3) is 0 Å². The zero-order valence-corrected chi connectivity index (χ0v) is 10.2. The first-order chi connectivity index (χ1) is 8.70. The second-order valence-electron chi connectivity index (χ2n) is 3.57. The summed E-state index contributed by atoms with van der Waals surface area (Å²) in [5.74, 6) is 0.345. The van der Waals surface area contributed by atoms with Crippen molar-refractivity contribution < 1.29 is 13.9 Å². The number of nitrogens with zero attached hydrogens (tertiary/aromatic N) is 3. The summed E-state index contributed by atoms with van der Waals surface area (Å²) in [4.78, 5) is 19.5. The fraction of sp³-hybridized carbons (Fsp3) is 0.364. The molecule has 0 unspecified atom stereocenters. The topological polar surface area (TPSA) is 82.2 Å². The molecule has 0 aliphatic rings. The van der Waals surface area contributed by atoms with Crippen LogP contribution in [0, 0.1) is 0 Å². The number of aryl methyl sites for hydroxylation is 1. The van der Waals surface area contributed by atoms with E-state index in [1.807, 2.05) is 17.8 Å². The zero-order valence-electron chi connectivity index (χ0n) is 10.2. The first-order valence-corrected chi connectivity index (χ1v) is 5.53. The van der Waals surface area contributed by atoms with E-state index in [0.29, 0.717) is 13.2 Å². The number of hydrogen-bond donors (Lipinski definition) is 1. The Balaban J connectivity index is 1.95. The van der Waals surface area contributed by atoms with Crippen molar-refractivity contribution in [2.75, 3.05) is 11.9 Å². The van der Waals surface area contributed by atoms with Crippen LogP contribution >= 0.6 is 0 Å². The number of rotatable bonds is 5. The van der Waals surface area contributed by atoms with E-state index < -0.39 is 5.97 Å². The van der Waals surface area contributed by atoms with E-state index in [2.05, 4.69) is 15.3 Å². The van der Waals surface area contributed by atoms with Gasteiger partial charge in [0.25, 0.3) is 6.01 Å². The van der Waals surface area contributed by atoms with Crippen molar-refractivity contribution in [2.24, 2.45) is 7.05 Å². The van der Waals surface area contributed by atoms with Crippen LogP contribution in [-0.2, 0) is 18.3 Å². The number of carbonyl (C=O) groups excluding carboxylic acids is 1. The maximum absolute atomic E-state index is 11.4. The standard InChI is InChI=1S/C11H14N4O3/c1-3-17-10(16)8-7-18-11(14-8)13-6-9-12-4-5-15(9)2/h4-5,7H,3,6H2,1-2H3,(H,13,14). The van der Waals surface area contributed by atoms with Crippen LogP contribution < -0.4 is 5.32 Å². The number of oxazole rings is 1. The number of imidazole rings is 1.